The number of hydrogen-bond acceptors (Lipinski definition) is 11. The molecule has 1 aromatic heterocycles. The van der Waals surface area contributed by atoms with Crippen LogP contribution < -0.4 is 10.2 Å². The van der Waals surface area contributed by atoms with Crippen molar-refractivity contribution >= 4 is 16.9 Å². The van der Waals surface area contributed by atoms with Gasteiger partial charge in [-0.05, 0) is 29.8 Å². The van der Waals surface area contributed by atoms with Crippen LogP contribution in [-0.2, 0) is 16.0 Å². The van der Waals surface area contributed by atoms with Gasteiger partial charge in [-0.3, -0.25) is 4.79 Å². The number of rotatable bonds is 6. The zero-order chi connectivity index (χ0) is 28.7. The number of aliphatic carboxylic acids is 1. The average molecular weight is 552 g/mol. The fourth-order valence-electron chi connectivity index (χ4n) is 4.51. The van der Waals surface area contributed by atoms with E-state index in [-0.39, 0.29) is 34.5 Å². The van der Waals surface area contributed by atoms with E-state index in [4.69, 9.17) is 13.9 Å². The van der Waals surface area contributed by atoms with Crippen LogP contribution in [0.5, 0.6) is 23.0 Å². The highest BCUT2D eigenvalue weighted by Gasteiger charge is 2.48. The second kappa shape index (κ2) is 10.5. The summed E-state index contributed by atoms with van der Waals surface area (Å²) in [6.07, 6.45) is -9.67. The van der Waals surface area contributed by atoms with Crippen molar-refractivity contribution in [3.8, 4) is 34.3 Å². The topological polar surface area (TPSA) is 207 Å². The first-order valence-corrected chi connectivity index (χ1v) is 12.0. The molecule has 1 saturated heterocycles. The van der Waals surface area contributed by atoms with Crippen LogP contribution in [0, 0.1) is 0 Å². The van der Waals surface area contributed by atoms with Crippen molar-refractivity contribution in [2.75, 3.05) is 0 Å². The molecule has 0 saturated carbocycles. The van der Waals surface area contributed by atoms with Crippen LogP contribution in [0.3, 0.4) is 0 Å². The summed E-state index contributed by atoms with van der Waals surface area (Å²) in [7, 11) is 0. The molecule has 40 heavy (non-hydrogen) atoms. The molecule has 12 nitrogen and oxygen atoms in total. The van der Waals surface area contributed by atoms with Crippen molar-refractivity contribution in [1.29, 1.82) is 0 Å². The lowest BCUT2D eigenvalue weighted by molar-refractivity contribution is -0.271. The number of carbonyl (C=O) groups is 1. The third-order valence-electron chi connectivity index (χ3n) is 6.60. The summed E-state index contributed by atoms with van der Waals surface area (Å²) in [6, 6.07) is 15.9. The first-order valence-electron chi connectivity index (χ1n) is 12.0. The SMILES string of the molecule is O=C(O)[C@H]1O[C@@H](Oc2cc3oc(-c4ccc(O)cc4)c(Cc4ccccc4)c(=O)c3c(O)c2O)[C@H](O)[C@@H](O)[C@@H]1O. The van der Waals surface area contributed by atoms with Gasteiger partial charge in [0.05, 0.1) is 0 Å². The molecule has 0 spiro atoms. The minimum atomic E-state index is -1.98. The first-order chi connectivity index (χ1) is 19.1. The van der Waals surface area contributed by atoms with E-state index < -0.39 is 59.4 Å². The van der Waals surface area contributed by atoms with Gasteiger partial charge in [-0.15, -0.1) is 0 Å². The molecule has 5 rings (SSSR count). The Kier molecular flexibility index (Phi) is 7.08. The number of hydrogen-bond donors (Lipinski definition) is 7. The molecule has 1 aliphatic heterocycles. The van der Waals surface area contributed by atoms with E-state index in [2.05, 4.69) is 0 Å². The molecular formula is C28H24O12. The van der Waals surface area contributed by atoms with Gasteiger partial charge in [0.1, 0.15) is 40.8 Å². The lowest BCUT2D eigenvalue weighted by Gasteiger charge is -2.38. The molecule has 1 fully saturated rings. The molecule has 0 unspecified atom stereocenters. The van der Waals surface area contributed by atoms with Gasteiger partial charge in [0.2, 0.25) is 17.5 Å². The Balaban J connectivity index is 1.64. The summed E-state index contributed by atoms with van der Waals surface area (Å²) in [5.74, 6) is -3.98. The van der Waals surface area contributed by atoms with Crippen molar-refractivity contribution in [2.24, 2.45) is 0 Å². The number of fused-ring (bicyclic) bond motifs is 1. The van der Waals surface area contributed by atoms with Crippen LogP contribution in [0.15, 0.2) is 69.9 Å². The first kappa shape index (κ1) is 27.0. The maximum atomic E-state index is 13.7. The molecule has 1 aliphatic rings. The Hall–Kier alpha value is -4.62. The van der Waals surface area contributed by atoms with Crippen LogP contribution in [0.4, 0.5) is 0 Å². The molecule has 3 aromatic carbocycles. The highest BCUT2D eigenvalue weighted by Crippen LogP contribution is 2.43. The molecule has 4 aromatic rings. The number of ether oxygens (including phenoxy) is 2. The number of carboxylic acids is 1. The van der Waals surface area contributed by atoms with E-state index in [1.54, 1.807) is 24.3 Å². The van der Waals surface area contributed by atoms with Gasteiger partial charge in [0.25, 0.3) is 0 Å². The van der Waals surface area contributed by atoms with Crippen LogP contribution in [0.1, 0.15) is 11.1 Å². The Morgan fingerprint density at radius 1 is 0.875 bits per heavy atom. The Labute approximate surface area is 225 Å². The summed E-state index contributed by atoms with van der Waals surface area (Å²) in [5.41, 5.74) is 0.433. The van der Waals surface area contributed by atoms with Gasteiger partial charge in [0, 0.05) is 23.6 Å². The molecular weight excluding hydrogens is 528 g/mol. The number of phenols is 3. The lowest BCUT2D eigenvalue weighted by atomic mass is 9.98. The summed E-state index contributed by atoms with van der Waals surface area (Å²) in [5, 5.41) is 70.4. The number of aromatic hydroxyl groups is 3. The summed E-state index contributed by atoms with van der Waals surface area (Å²) < 4.78 is 16.5. The van der Waals surface area contributed by atoms with Crippen LogP contribution in [0.2, 0.25) is 0 Å². The number of benzene rings is 3. The zero-order valence-corrected chi connectivity index (χ0v) is 20.5. The minimum Gasteiger partial charge on any atom is -0.508 e. The molecule has 5 atom stereocenters. The molecule has 0 amide bonds. The van der Waals surface area contributed by atoms with Crippen LogP contribution in [0.25, 0.3) is 22.3 Å². The van der Waals surface area contributed by atoms with E-state index in [0.29, 0.717) is 5.56 Å². The fraction of sp³-hybridized carbons (Fsp3) is 0.214. The third-order valence-corrected chi connectivity index (χ3v) is 6.60. The predicted molar refractivity (Wildman–Crippen MR) is 137 cm³/mol. The van der Waals surface area contributed by atoms with Crippen molar-refractivity contribution in [1.82, 2.24) is 0 Å². The molecule has 0 bridgehead atoms. The van der Waals surface area contributed by atoms with Crippen LogP contribution >= 0.6 is 0 Å². The zero-order valence-electron chi connectivity index (χ0n) is 20.5. The fourth-order valence-corrected chi connectivity index (χ4v) is 4.51. The van der Waals surface area contributed by atoms with Gasteiger partial charge in [-0.25, -0.2) is 4.79 Å². The second-order valence-corrected chi connectivity index (χ2v) is 9.25. The normalized spacial score (nSPS) is 22.7. The van der Waals surface area contributed by atoms with Crippen molar-refractivity contribution in [2.45, 2.75) is 37.1 Å². The lowest BCUT2D eigenvalue weighted by Crippen LogP contribution is -2.61. The average Bonchev–Trinajstić information content (AvgIpc) is 2.93. The molecule has 2 heterocycles. The number of phenolic OH excluding ortho intramolecular Hbond substituents is 3. The molecule has 7 N–H and O–H groups in total. The maximum Gasteiger partial charge on any atom is 0.335 e. The summed E-state index contributed by atoms with van der Waals surface area (Å²) in [4.78, 5) is 25.1. The Morgan fingerprint density at radius 3 is 2.20 bits per heavy atom. The highest BCUT2D eigenvalue weighted by atomic mass is 16.7. The number of carboxylic acid groups (broad SMARTS) is 1. The molecule has 0 aliphatic carbocycles. The van der Waals surface area contributed by atoms with Gasteiger partial charge >= 0.3 is 5.97 Å². The van der Waals surface area contributed by atoms with Gasteiger partial charge in [-0.1, -0.05) is 30.3 Å². The van der Waals surface area contributed by atoms with Gasteiger partial charge in [-0.2, -0.15) is 0 Å². The van der Waals surface area contributed by atoms with E-state index in [1.165, 1.54) is 24.3 Å². The monoisotopic (exact) mass is 552 g/mol. The summed E-state index contributed by atoms with van der Waals surface area (Å²) >= 11 is 0. The second-order valence-electron chi connectivity index (χ2n) is 9.25. The molecule has 208 valence electrons. The third kappa shape index (κ3) is 4.80. The van der Waals surface area contributed by atoms with Gasteiger partial charge in [0.15, 0.2) is 17.6 Å². The minimum absolute atomic E-state index is 0.0206. The van der Waals surface area contributed by atoms with Crippen molar-refractivity contribution in [3.63, 3.8) is 0 Å². The largest absolute Gasteiger partial charge is 0.508 e. The maximum absolute atomic E-state index is 13.7. The van der Waals surface area contributed by atoms with Crippen molar-refractivity contribution < 1.29 is 54.4 Å². The van der Waals surface area contributed by atoms with Crippen molar-refractivity contribution in [3.05, 3.63) is 82.0 Å². The van der Waals surface area contributed by atoms with Gasteiger partial charge < -0.3 is 49.6 Å². The van der Waals surface area contributed by atoms with E-state index >= 15 is 0 Å². The quantitative estimate of drug-likeness (QED) is 0.170. The molecule has 0 radical (unpaired) electrons. The number of aliphatic hydroxyl groups excluding tert-OH is 3. The van der Waals surface area contributed by atoms with E-state index in [1.807, 2.05) is 6.07 Å². The summed E-state index contributed by atoms with van der Waals surface area (Å²) in [6.45, 7) is 0. The van der Waals surface area contributed by atoms with E-state index in [0.717, 1.165) is 11.6 Å². The Bertz CT molecular complexity index is 1610. The highest BCUT2D eigenvalue weighted by molar-refractivity contribution is 5.90. The Morgan fingerprint density at radius 2 is 1.55 bits per heavy atom. The smallest absolute Gasteiger partial charge is 0.335 e. The van der Waals surface area contributed by atoms with Crippen LogP contribution in [-0.4, -0.2) is 72.4 Å². The number of aliphatic hydroxyl groups is 3. The predicted octanol–water partition coefficient (Wildman–Crippen LogP) is 1.44. The standard InChI is InChI=1S/C28H24O12/c29-14-8-6-13(7-9-14)25-15(10-12-4-2-1-3-5-12)19(30)18-16(38-25)11-17(20(31)21(18)32)39-28-24(35)22(33)23(34)26(40-28)27(36)37/h1-9,11,22-24,26,28-29,31-35H,10H2,(H,36,37)/t22-,23-,24+,26-,28+/m0/s1. The van der Waals surface area contributed by atoms with E-state index in [9.17, 15) is 45.3 Å². The molecule has 12 heteroatoms.